The van der Waals surface area contributed by atoms with E-state index in [1.807, 2.05) is 0 Å². The molecular formula is C13H12ClFN2S. The van der Waals surface area contributed by atoms with Crippen molar-refractivity contribution < 1.29 is 4.39 Å². The number of halogens is 2. The lowest BCUT2D eigenvalue weighted by Crippen LogP contribution is -2.13. The quantitative estimate of drug-likeness (QED) is 0.916. The Kier molecular flexibility index (Phi) is 3.09. The van der Waals surface area contributed by atoms with Crippen LogP contribution in [0.5, 0.6) is 0 Å². The molecule has 0 saturated heterocycles. The third-order valence-electron chi connectivity index (χ3n) is 3.17. The lowest BCUT2D eigenvalue weighted by Gasteiger charge is -2.10. The molecule has 0 amide bonds. The maximum Gasteiger partial charge on any atom is 0.128 e. The van der Waals surface area contributed by atoms with Crippen LogP contribution in [0.4, 0.5) is 4.39 Å². The average molecular weight is 283 g/mol. The Morgan fingerprint density at radius 1 is 1.39 bits per heavy atom. The van der Waals surface area contributed by atoms with Crippen LogP contribution in [-0.4, -0.2) is 4.98 Å². The van der Waals surface area contributed by atoms with Gasteiger partial charge in [-0.25, -0.2) is 9.37 Å². The normalized spacial score (nSPS) is 15.7. The molecular weight excluding hydrogens is 271 g/mol. The predicted octanol–water partition coefficient (Wildman–Crippen LogP) is 3.47. The Labute approximate surface area is 114 Å². The summed E-state index contributed by atoms with van der Waals surface area (Å²) in [6, 6.07) is 3.92. The van der Waals surface area contributed by atoms with Crippen LogP contribution in [0.25, 0.3) is 0 Å². The number of hydrogen-bond acceptors (Lipinski definition) is 3. The van der Waals surface area contributed by atoms with Gasteiger partial charge in [0.25, 0.3) is 0 Å². The van der Waals surface area contributed by atoms with Gasteiger partial charge in [-0.2, -0.15) is 0 Å². The Balaban J connectivity index is 1.98. The number of nitrogens with two attached hydrogens (primary N) is 1. The molecule has 1 aliphatic rings. The fourth-order valence-corrected chi connectivity index (χ4v) is 3.58. The molecule has 2 aromatic rings. The maximum atomic E-state index is 13.7. The maximum absolute atomic E-state index is 13.7. The fraction of sp³-hybridized carbons (Fsp3) is 0.308. The van der Waals surface area contributed by atoms with Crippen molar-refractivity contribution >= 4 is 22.9 Å². The monoisotopic (exact) mass is 282 g/mol. The first-order chi connectivity index (χ1) is 8.65. The largest absolute Gasteiger partial charge is 0.318 e. The van der Waals surface area contributed by atoms with Gasteiger partial charge < -0.3 is 5.73 Å². The van der Waals surface area contributed by atoms with E-state index in [1.54, 1.807) is 17.4 Å². The smallest absolute Gasteiger partial charge is 0.128 e. The molecule has 1 aromatic carbocycles. The molecule has 18 heavy (non-hydrogen) atoms. The van der Waals surface area contributed by atoms with Gasteiger partial charge in [0, 0.05) is 15.5 Å². The van der Waals surface area contributed by atoms with Crippen LogP contribution in [0, 0.1) is 5.82 Å². The van der Waals surface area contributed by atoms with Crippen molar-refractivity contribution in [2.45, 2.75) is 25.3 Å². The molecule has 2 N–H and O–H groups in total. The zero-order chi connectivity index (χ0) is 12.7. The summed E-state index contributed by atoms with van der Waals surface area (Å²) in [5, 5.41) is 1.27. The van der Waals surface area contributed by atoms with Crippen molar-refractivity contribution in [1.82, 2.24) is 4.98 Å². The fourth-order valence-electron chi connectivity index (χ4n) is 2.23. The first-order valence-corrected chi connectivity index (χ1v) is 7.03. The van der Waals surface area contributed by atoms with Crippen molar-refractivity contribution in [3.05, 3.63) is 50.2 Å². The second kappa shape index (κ2) is 4.61. The SMILES string of the molecule is NC(c1nc2c(s1)CCC2)c1cc(Cl)ccc1F. The summed E-state index contributed by atoms with van der Waals surface area (Å²) in [5.41, 5.74) is 7.64. The van der Waals surface area contributed by atoms with Crippen LogP contribution in [0.15, 0.2) is 18.2 Å². The average Bonchev–Trinajstić information content (AvgIpc) is 2.91. The molecule has 1 aromatic heterocycles. The number of rotatable bonds is 2. The molecule has 1 atom stereocenters. The molecule has 0 bridgehead atoms. The van der Waals surface area contributed by atoms with Crippen LogP contribution in [0.1, 0.15) is 33.6 Å². The zero-order valence-corrected chi connectivity index (χ0v) is 11.2. The van der Waals surface area contributed by atoms with Crippen LogP contribution in [-0.2, 0) is 12.8 Å². The van der Waals surface area contributed by atoms with Gasteiger partial charge in [-0.1, -0.05) is 11.6 Å². The second-order valence-electron chi connectivity index (χ2n) is 4.42. The minimum absolute atomic E-state index is 0.331. The number of aryl methyl sites for hydroxylation is 2. The van der Waals surface area contributed by atoms with Gasteiger partial charge in [-0.05, 0) is 37.5 Å². The van der Waals surface area contributed by atoms with Crippen LogP contribution >= 0.6 is 22.9 Å². The van der Waals surface area contributed by atoms with Crippen LogP contribution in [0.3, 0.4) is 0 Å². The molecule has 0 spiro atoms. The number of thiazole rings is 1. The summed E-state index contributed by atoms with van der Waals surface area (Å²) in [4.78, 5) is 5.82. The summed E-state index contributed by atoms with van der Waals surface area (Å²) in [6.45, 7) is 0. The third kappa shape index (κ3) is 2.05. The molecule has 0 saturated carbocycles. The molecule has 1 unspecified atom stereocenters. The molecule has 1 heterocycles. The highest BCUT2D eigenvalue weighted by molar-refractivity contribution is 7.11. The van der Waals surface area contributed by atoms with Gasteiger partial charge >= 0.3 is 0 Å². The van der Waals surface area contributed by atoms with Crippen molar-refractivity contribution in [2.24, 2.45) is 5.73 Å². The highest BCUT2D eigenvalue weighted by Crippen LogP contribution is 2.33. The number of benzene rings is 1. The zero-order valence-electron chi connectivity index (χ0n) is 9.62. The lowest BCUT2D eigenvalue weighted by molar-refractivity contribution is 0.599. The molecule has 1 aliphatic carbocycles. The Morgan fingerprint density at radius 3 is 3.00 bits per heavy atom. The van der Waals surface area contributed by atoms with Gasteiger partial charge in [-0.15, -0.1) is 11.3 Å². The molecule has 0 fully saturated rings. The predicted molar refractivity (Wildman–Crippen MR) is 71.6 cm³/mol. The van der Waals surface area contributed by atoms with E-state index in [-0.39, 0.29) is 5.82 Å². The summed E-state index contributed by atoms with van der Waals surface area (Å²) >= 11 is 7.48. The van der Waals surface area contributed by atoms with Crippen molar-refractivity contribution in [1.29, 1.82) is 0 Å². The van der Waals surface area contributed by atoms with Crippen molar-refractivity contribution in [2.75, 3.05) is 0 Å². The minimum Gasteiger partial charge on any atom is -0.318 e. The van der Waals surface area contributed by atoms with Gasteiger partial charge in [0.1, 0.15) is 10.8 Å². The first kappa shape index (κ1) is 12.1. The lowest BCUT2D eigenvalue weighted by atomic mass is 10.1. The van der Waals surface area contributed by atoms with Crippen LogP contribution in [0.2, 0.25) is 5.02 Å². The summed E-state index contributed by atoms with van der Waals surface area (Å²) in [7, 11) is 0. The molecule has 2 nitrogen and oxygen atoms in total. The van der Waals surface area contributed by atoms with Gasteiger partial charge in [-0.3, -0.25) is 0 Å². The minimum atomic E-state index is -0.528. The van der Waals surface area contributed by atoms with Gasteiger partial charge in [0.15, 0.2) is 0 Å². The van der Waals surface area contributed by atoms with E-state index in [0.717, 1.165) is 30.0 Å². The highest BCUT2D eigenvalue weighted by atomic mass is 35.5. The van der Waals surface area contributed by atoms with E-state index in [4.69, 9.17) is 17.3 Å². The number of hydrogen-bond donors (Lipinski definition) is 1. The van der Waals surface area contributed by atoms with Gasteiger partial charge in [0.05, 0.1) is 11.7 Å². The van der Waals surface area contributed by atoms with Gasteiger partial charge in [0.2, 0.25) is 0 Å². The third-order valence-corrected chi connectivity index (χ3v) is 4.65. The topological polar surface area (TPSA) is 38.9 Å². The Bertz CT molecular complexity index is 575. The first-order valence-electron chi connectivity index (χ1n) is 5.84. The summed E-state index contributed by atoms with van der Waals surface area (Å²) in [6.07, 6.45) is 3.24. The Hall–Kier alpha value is -0.970. The van der Waals surface area contributed by atoms with E-state index in [9.17, 15) is 4.39 Å². The van der Waals surface area contributed by atoms with E-state index in [1.165, 1.54) is 17.0 Å². The number of fused-ring (bicyclic) bond motifs is 1. The Morgan fingerprint density at radius 2 is 2.22 bits per heavy atom. The number of aromatic nitrogens is 1. The molecule has 0 aliphatic heterocycles. The van der Waals surface area contributed by atoms with E-state index in [0.29, 0.717) is 10.6 Å². The standard InChI is InChI=1S/C13H12ClFN2S/c14-7-4-5-9(15)8(6-7)12(16)13-17-10-2-1-3-11(10)18-13/h4-6,12H,1-3,16H2. The second-order valence-corrected chi connectivity index (χ2v) is 5.97. The van der Waals surface area contributed by atoms with E-state index < -0.39 is 6.04 Å². The molecule has 3 rings (SSSR count). The van der Waals surface area contributed by atoms with Crippen molar-refractivity contribution in [3.63, 3.8) is 0 Å². The molecule has 5 heteroatoms. The molecule has 0 radical (unpaired) electrons. The van der Waals surface area contributed by atoms with E-state index >= 15 is 0 Å². The van der Waals surface area contributed by atoms with Crippen molar-refractivity contribution in [3.8, 4) is 0 Å². The summed E-state index contributed by atoms with van der Waals surface area (Å²) < 4.78 is 13.7. The highest BCUT2D eigenvalue weighted by Gasteiger charge is 2.22. The van der Waals surface area contributed by atoms with Crippen LogP contribution < -0.4 is 5.73 Å². The van der Waals surface area contributed by atoms with E-state index in [2.05, 4.69) is 4.98 Å². The summed E-state index contributed by atoms with van der Waals surface area (Å²) in [5.74, 6) is -0.331. The number of nitrogens with zero attached hydrogens (tertiary/aromatic N) is 1. The molecule has 94 valence electrons.